The molecule has 3 atom stereocenters. The van der Waals surface area contributed by atoms with Crippen LogP contribution in [0.3, 0.4) is 0 Å². The van der Waals surface area contributed by atoms with Crippen molar-refractivity contribution in [2.24, 2.45) is 11.8 Å². The zero-order chi connectivity index (χ0) is 13.2. The Morgan fingerprint density at radius 3 is 2.58 bits per heavy atom. The molecule has 2 aliphatic rings. The summed E-state index contributed by atoms with van der Waals surface area (Å²) in [7, 11) is 0. The Balaban J connectivity index is 1.63. The number of nitrogens with one attached hydrogen (secondary N) is 1. The number of benzene rings is 1. The van der Waals surface area contributed by atoms with Gasteiger partial charge in [-0.3, -0.25) is 0 Å². The molecule has 1 aromatic carbocycles. The number of ether oxygens (including phenoxy) is 1. The summed E-state index contributed by atoms with van der Waals surface area (Å²) in [6.45, 7) is 4.17. The van der Waals surface area contributed by atoms with E-state index in [0.717, 1.165) is 24.1 Å². The molecule has 0 aromatic heterocycles. The number of halogens is 1. The molecule has 0 radical (unpaired) electrons. The monoisotopic (exact) mass is 279 g/mol. The highest BCUT2D eigenvalue weighted by molar-refractivity contribution is 6.30. The molecule has 1 aromatic rings. The molecule has 2 fully saturated rings. The molecule has 1 saturated carbocycles. The van der Waals surface area contributed by atoms with E-state index in [1.165, 1.54) is 24.8 Å². The molecule has 0 spiro atoms. The van der Waals surface area contributed by atoms with Crippen molar-refractivity contribution in [3.05, 3.63) is 34.9 Å². The second-order valence-electron chi connectivity index (χ2n) is 5.90. The SMILES string of the molecule is CC1OCCC1CNC(c1ccc(Cl)cc1)C1CC1. The van der Waals surface area contributed by atoms with Gasteiger partial charge in [-0.25, -0.2) is 0 Å². The third kappa shape index (κ3) is 3.31. The number of hydrogen-bond acceptors (Lipinski definition) is 2. The van der Waals surface area contributed by atoms with E-state index >= 15 is 0 Å². The van der Waals surface area contributed by atoms with E-state index < -0.39 is 0 Å². The van der Waals surface area contributed by atoms with Crippen LogP contribution in [0.4, 0.5) is 0 Å². The lowest BCUT2D eigenvalue weighted by Gasteiger charge is -2.22. The van der Waals surface area contributed by atoms with Crippen LogP contribution in [0.2, 0.25) is 5.02 Å². The lowest BCUT2D eigenvalue weighted by molar-refractivity contribution is 0.104. The van der Waals surface area contributed by atoms with E-state index in [0.29, 0.717) is 18.1 Å². The Hall–Kier alpha value is -0.570. The van der Waals surface area contributed by atoms with Crippen LogP contribution in [0.15, 0.2) is 24.3 Å². The van der Waals surface area contributed by atoms with Crippen molar-refractivity contribution in [1.29, 1.82) is 0 Å². The molecule has 0 bridgehead atoms. The maximum Gasteiger partial charge on any atom is 0.0588 e. The Morgan fingerprint density at radius 2 is 2.00 bits per heavy atom. The molecule has 104 valence electrons. The third-order valence-electron chi connectivity index (χ3n) is 4.46. The maximum absolute atomic E-state index is 5.97. The molecule has 3 unspecified atom stereocenters. The van der Waals surface area contributed by atoms with Crippen molar-refractivity contribution < 1.29 is 4.74 Å². The number of rotatable bonds is 5. The van der Waals surface area contributed by atoms with Crippen LogP contribution in [0.1, 0.15) is 37.8 Å². The zero-order valence-corrected chi connectivity index (χ0v) is 12.2. The van der Waals surface area contributed by atoms with Crippen molar-refractivity contribution in [2.75, 3.05) is 13.2 Å². The molecule has 1 N–H and O–H groups in total. The maximum atomic E-state index is 5.97. The van der Waals surface area contributed by atoms with E-state index in [1.54, 1.807) is 0 Å². The largest absolute Gasteiger partial charge is 0.378 e. The molecule has 3 heteroatoms. The van der Waals surface area contributed by atoms with E-state index in [1.807, 2.05) is 12.1 Å². The van der Waals surface area contributed by atoms with Crippen LogP contribution in [-0.4, -0.2) is 19.3 Å². The minimum Gasteiger partial charge on any atom is -0.378 e. The molecule has 2 nitrogen and oxygen atoms in total. The van der Waals surface area contributed by atoms with E-state index in [2.05, 4.69) is 24.4 Å². The zero-order valence-electron chi connectivity index (χ0n) is 11.4. The molecule has 19 heavy (non-hydrogen) atoms. The lowest BCUT2D eigenvalue weighted by atomic mass is 9.99. The highest BCUT2D eigenvalue weighted by atomic mass is 35.5. The summed E-state index contributed by atoms with van der Waals surface area (Å²) in [6.07, 6.45) is 4.28. The summed E-state index contributed by atoms with van der Waals surface area (Å²) >= 11 is 5.97. The van der Waals surface area contributed by atoms with Gasteiger partial charge in [0.15, 0.2) is 0 Å². The fourth-order valence-corrected chi connectivity index (χ4v) is 3.10. The summed E-state index contributed by atoms with van der Waals surface area (Å²) in [5.74, 6) is 1.47. The predicted octanol–water partition coefficient (Wildman–Crippen LogP) is 3.81. The van der Waals surface area contributed by atoms with Gasteiger partial charge in [-0.1, -0.05) is 23.7 Å². The van der Waals surface area contributed by atoms with Crippen molar-refractivity contribution in [1.82, 2.24) is 5.32 Å². The van der Waals surface area contributed by atoms with Gasteiger partial charge in [0.25, 0.3) is 0 Å². The Kier molecular flexibility index (Phi) is 4.11. The summed E-state index contributed by atoms with van der Waals surface area (Å²) in [4.78, 5) is 0. The molecule has 3 rings (SSSR count). The van der Waals surface area contributed by atoms with Gasteiger partial charge in [-0.15, -0.1) is 0 Å². The van der Waals surface area contributed by atoms with Crippen LogP contribution < -0.4 is 5.32 Å². The van der Waals surface area contributed by atoms with Crippen LogP contribution in [0, 0.1) is 11.8 Å². The minimum atomic E-state index is 0.401. The van der Waals surface area contributed by atoms with Gasteiger partial charge in [0.05, 0.1) is 6.10 Å². The second-order valence-corrected chi connectivity index (χ2v) is 6.34. The first-order chi connectivity index (χ1) is 9.24. The fourth-order valence-electron chi connectivity index (χ4n) is 2.98. The molecule has 1 saturated heterocycles. The molecular weight excluding hydrogens is 258 g/mol. The summed E-state index contributed by atoms with van der Waals surface area (Å²) in [5.41, 5.74) is 1.37. The molecule has 0 amide bonds. The van der Waals surface area contributed by atoms with Crippen LogP contribution in [0.5, 0.6) is 0 Å². The van der Waals surface area contributed by atoms with Crippen molar-refractivity contribution in [3.8, 4) is 0 Å². The Morgan fingerprint density at radius 1 is 1.26 bits per heavy atom. The smallest absolute Gasteiger partial charge is 0.0588 e. The fraction of sp³-hybridized carbons (Fsp3) is 0.625. The molecule has 1 aliphatic carbocycles. The van der Waals surface area contributed by atoms with Gasteiger partial charge < -0.3 is 10.1 Å². The quantitative estimate of drug-likeness (QED) is 0.885. The summed E-state index contributed by atoms with van der Waals surface area (Å²) in [6, 6.07) is 8.80. The average Bonchev–Trinajstić information content (AvgIpc) is 3.16. The summed E-state index contributed by atoms with van der Waals surface area (Å²) in [5, 5.41) is 4.58. The van der Waals surface area contributed by atoms with Gasteiger partial charge in [-0.2, -0.15) is 0 Å². The molecular formula is C16H22ClNO. The van der Waals surface area contributed by atoms with Gasteiger partial charge in [0.1, 0.15) is 0 Å². The van der Waals surface area contributed by atoms with Gasteiger partial charge in [0.2, 0.25) is 0 Å². The minimum absolute atomic E-state index is 0.401. The van der Waals surface area contributed by atoms with E-state index in [4.69, 9.17) is 16.3 Å². The summed E-state index contributed by atoms with van der Waals surface area (Å²) < 4.78 is 5.64. The van der Waals surface area contributed by atoms with Crippen LogP contribution >= 0.6 is 11.6 Å². The standard InChI is InChI=1S/C16H22ClNO/c1-11-14(8-9-19-11)10-18-16(12-2-3-12)13-4-6-15(17)7-5-13/h4-7,11-12,14,16,18H,2-3,8-10H2,1H3. The van der Waals surface area contributed by atoms with E-state index in [9.17, 15) is 0 Å². The highest BCUT2D eigenvalue weighted by Crippen LogP contribution is 2.41. The molecule has 1 heterocycles. The van der Waals surface area contributed by atoms with Gasteiger partial charge in [0, 0.05) is 24.2 Å². The highest BCUT2D eigenvalue weighted by Gasteiger charge is 2.33. The second kappa shape index (κ2) is 5.82. The predicted molar refractivity (Wildman–Crippen MR) is 78.4 cm³/mol. The van der Waals surface area contributed by atoms with E-state index in [-0.39, 0.29) is 0 Å². The first-order valence-electron chi connectivity index (χ1n) is 7.34. The first-order valence-corrected chi connectivity index (χ1v) is 7.72. The topological polar surface area (TPSA) is 21.3 Å². The van der Waals surface area contributed by atoms with Crippen LogP contribution in [0.25, 0.3) is 0 Å². The third-order valence-corrected chi connectivity index (χ3v) is 4.71. The van der Waals surface area contributed by atoms with Crippen LogP contribution in [-0.2, 0) is 4.74 Å². The average molecular weight is 280 g/mol. The van der Waals surface area contributed by atoms with Crippen molar-refractivity contribution >= 4 is 11.6 Å². The Bertz CT molecular complexity index is 415. The van der Waals surface area contributed by atoms with Gasteiger partial charge in [-0.05, 0) is 55.7 Å². The number of hydrogen-bond donors (Lipinski definition) is 1. The first kappa shape index (κ1) is 13.4. The van der Waals surface area contributed by atoms with Crippen molar-refractivity contribution in [3.63, 3.8) is 0 Å². The molecule has 1 aliphatic heterocycles. The lowest BCUT2D eigenvalue weighted by Crippen LogP contribution is -2.31. The normalized spacial score (nSPS) is 28.5. The van der Waals surface area contributed by atoms with Crippen molar-refractivity contribution in [2.45, 2.75) is 38.3 Å². The Labute approximate surface area is 120 Å². The van der Waals surface area contributed by atoms with Gasteiger partial charge >= 0.3 is 0 Å².